The van der Waals surface area contributed by atoms with Gasteiger partial charge in [0.25, 0.3) is 0 Å². The molecule has 0 aliphatic rings. The molecule has 2 aromatic carbocycles. The minimum absolute atomic E-state index is 0.0280. The number of nitrogens with zero attached hydrogens (tertiary/aromatic N) is 3. The van der Waals surface area contributed by atoms with Crippen LogP contribution >= 0.6 is 0 Å². The number of fused-ring (bicyclic) bond motifs is 1. The highest BCUT2D eigenvalue weighted by atomic mass is 16.5. The van der Waals surface area contributed by atoms with Crippen molar-refractivity contribution >= 4 is 11.6 Å². The summed E-state index contributed by atoms with van der Waals surface area (Å²) in [6.45, 7) is 8.35. The summed E-state index contributed by atoms with van der Waals surface area (Å²) in [6.07, 6.45) is 2.70. The molecule has 6 nitrogen and oxygen atoms in total. The van der Waals surface area contributed by atoms with Crippen molar-refractivity contribution in [3.63, 3.8) is 0 Å². The minimum atomic E-state index is -0.868. The number of ether oxygens (including phenoxy) is 1. The largest absolute Gasteiger partial charge is 0.489 e. The van der Waals surface area contributed by atoms with Crippen LogP contribution in [0.15, 0.2) is 54.7 Å². The van der Waals surface area contributed by atoms with Gasteiger partial charge in [0.05, 0.1) is 12.3 Å². The molecule has 1 N–H and O–H groups in total. The molecule has 0 saturated heterocycles. The van der Waals surface area contributed by atoms with Gasteiger partial charge in [-0.25, -0.2) is 9.50 Å². The number of carbonyl (C=O) groups is 1. The van der Waals surface area contributed by atoms with Gasteiger partial charge in [0.2, 0.25) is 0 Å². The van der Waals surface area contributed by atoms with Crippen molar-refractivity contribution in [1.82, 2.24) is 14.6 Å². The average molecular weight is 468 g/mol. The van der Waals surface area contributed by atoms with Gasteiger partial charge in [0, 0.05) is 23.7 Å². The molecule has 178 valence electrons. The van der Waals surface area contributed by atoms with E-state index in [-0.39, 0.29) is 12.3 Å². The van der Waals surface area contributed by atoms with Crippen LogP contribution in [0.2, 0.25) is 0 Å². The van der Waals surface area contributed by atoms with E-state index in [1.165, 1.54) is 16.7 Å². The van der Waals surface area contributed by atoms with Crippen molar-refractivity contribution in [2.75, 3.05) is 0 Å². The van der Waals surface area contributed by atoms with Gasteiger partial charge in [-0.05, 0) is 61.2 Å². The third-order valence-corrected chi connectivity index (χ3v) is 5.99. The molecule has 0 bridgehead atoms. The van der Waals surface area contributed by atoms with Crippen LogP contribution < -0.4 is 4.74 Å². The number of rotatable bonds is 8. The smallest absolute Gasteiger partial charge is 0.304 e. The quantitative estimate of drug-likeness (QED) is 0.335. The lowest BCUT2D eigenvalue weighted by Crippen LogP contribution is -2.05. The second kappa shape index (κ2) is 10.4. The zero-order chi connectivity index (χ0) is 24.9. The monoisotopic (exact) mass is 467 g/mol. The normalized spacial score (nSPS) is 11.7. The SMILES string of the molecule is CC#C[C@@H](CC(=O)O)c1ccc(OCc2cc(-c3c(C)cccc3C)c3nc(CC)nn3c2)cc1. The van der Waals surface area contributed by atoms with Crippen LogP contribution in [0.3, 0.4) is 0 Å². The summed E-state index contributed by atoms with van der Waals surface area (Å²) in [4.78, 5) is 15.9. The van der Waals surface area contributed by atoms with Gasteiger partial charge in [-0.1, -0.05) is 43.2 Å². The van der Waals surface area contributed by atoms with Crippen LogP contribution in [0.5, 0.6) is 5.75 Å². The first kappa shape index (κ1) is 24.0. The molecular formula is C29H29N3O3. The molecule has 0 saturated carbocycles. The maximum Gasteiger partial charge on any atom is 0.304 e. The van der Waals surface area contributed by atoms with E-state index < -0.39 is 5.97 Å². The Morgan fingerprint density at radius 1 is 1.14 bits per heavy atom. The molecule has 4 rings (SSSR count). The predicted octanol–water partition coefficient (Wildman–Crippen LogP) is 5.74. The maximum absolute atomic E-state index is 11.2. The van der Waals surface area contributed by atoms with Gasteiger partial charge < -0.3 is 9.84 Å². The van der Waals surface area contributed by atoms with Crippen molar-refractivity contribution in [2.45, 2.75) is 53.1 Å². The van der Waals surface area contributed by atoms with Gasteiger partial charge in [0.15, 0.2) is 11.5 Å². The molecule has 0 amide bonds. The van der Waals surface area contributed by atoms with Gasteiger partial charge in [0.1, 0.15) is 12.4 Å². The fourth-order valence-corrected chi connectivity index (χ4v) is 4.30. The highest BCUT2D eigenvalue weighted by Crippen LogP contribution is 2.31. The van der Waals surface area contributed by atoms with Crippen LogP contribution in [-0.4, -0.2) is 25.7 Å². The summed E-state index contributed by atoms with van der Waals surface area (Å²) in [6, 6.07) is 15.9. The lowest BCUT2D eigenvalue weighted by molar-refractivity contribution is -0.137. The molecule has 0 spiro atoms. The van der Waals surface area contributed by atoms with Crippen molar-refractivity contribution in [3.8, 4) is 28.7 Å². The molecule has 2 heterocycles. The predicted molar refractivity (Wildman–Crippen MR) is 136 cm³/mol. The standard InChI is InChI=1S/C29H29N3O3/c1-5-8-23(16-27(33)34)22-11-13-24(14-12-22)35-18-21-15-25(28-19(3)9-7-10-20(28)4)29-30-26(6-2)31-32(29)17-21/h7,9-15,17,23H,6,16,18H2,1-4H3,(H,33,34)/t23-/m0/s1. The van der Waals surface area contributed by atoms with E-state index in [0.29, 0.717) is 12.4 Å². The Morgan fingerprint density at radius 2 is 1.86 bits per heavy atom. The highest BCUT2D eigenvalue weighted by Gasteiger charge is 2.16. The number of aryl methyl sites for hydroxylation is 3. The van der Waals surface area contributed by atoms with Crippen LogP contribution in [0.4, 0.5) is 0 Å². The van der Waals surface area contributed by atoms with Crippen molar-refractivity contribution in [2.24, 2.45) is 0 Å². The van der Waals surface area contributed by atoms with Crippen LogP contribution in [0.25, 0.3) is 16.8 Å². The molecular weight excluding hydrogens is 438 g/mol. The Balaban J connectivity index is 1.62. The van der Waals surface area contributed by atoms with Gasteiger partial charge in [-0.3, -0.25) is 4.79 Å². The Morgan fingerprint density at radius 3 is 2.49 bits per heavy atom. The summed E-state index contributed by atoms with van der Waals surface area (Å²) < 4.78 is 7.94. The van der Waals surface area contributed by atoms with Gasteiger partial charge in [-0.15, -0.1) is 5.92 Å². The number of hydrogen-bond donors (Lipinski definition) is 1. The van der Waals surface area contributed by atoms with E-state index in [1.54, 1.807) is 6.92 Å². The van der Waals surface area contributed by atoms with E-state index in [9.17, 15) is 4.79 Å². The van der Waals surface area contributed by atoms with Crippen LogP contribution in [-0.2, 0) is 17.8 Å². The number of carboxylic acids is 1. The number of aliphatic carboxylic acids is 1. The van der Waals surface area contributed by atoms with E-state index in [2.05, 4.69) is 55.1 Å². The Labute approximate surface area is 205 Å². The summed E-state index contributed by atoms with van der Waals surface area (Å²) in [5.41, 5.74) is 7.27. The third kappa shape index (κ3) is 5.36. The van der Waals surface area contributed by atoms with E-state index in [4.69, 9.17) is 14.8 Å². The maximum atomic E-state index is 11.2. The summed E-state index contributed by atoms with van der Waals surface area (Å²) in [5.74, 6) is 6.10. The lowest BCUT2D eigenvalue weighted by atomic mass is 9.95. The fraction of sp³-hybridized carbons (Fsp3) is 0.276. The second-order valence-electron chi connectivity index (χ2n) is 8.58. The zero-order valence-electron chi connectivity index (χ0n) is 20.5. The molecule has 0 aliphatic carbocycles. The summed E-state index contributed by atoms with van der Waals surface area (Å²) >= 11 is 0. The first-order chi connectivity index (χ1) is 16.9. The average Bonchev–Trinajstić information content (AvgIpc) is 3.26. The third-order valence-electron chi connectivity index (χ3n) is 5.99. The molecule has 1 atom stereocenters. The molecule has 35 heavy (non-hydrogen) atoms. The molecule has 4 aromatic rings. The van der Waals surface area contributed by atoms with E-state index >= 15 is 0 Å². The molecule has 0 fully saturated rings. The first-order valence-corrected chi connectivity index (χ1v) is 11.7. The molecule has 6 heteroatoms. The van der Waals surface area contributed by atoms with Crippen LogP contribution in [0.1, 0.15) is 54.3 Å². The summed E-state index contributed by atoms with van der Waals surface area (Å²) in [7, 11) is 0. The summed E-state index contributed by atoms with van der Waals surface area (Å²) in [5, 5.41) is 13.8. The van der Waals surface area contributed by atoms with Gasteiger partial charge >= 0.3 is 5.97 Å². The molecule has 0 aliphatic heterocycles. The fourth-order valence-electron chi connectivity index (χ4n) is 4.30. The van der Waals surface area contributed by atoms with Crippen molar-refractivity contribution in [1.29, 1.82) is 0 Å². The Kier molecular flexibility index (Phi) is 7.17. The number of benzene rings is 2. The van der Waals surface area contributed by atoms with E-state index in [0.717, 1.165) is 34.6 Å². The Hall–Kier alpha value is -4.11. The lowest BCUT2D eigenvalue weighted by Gasteiger charge is -2.14. The molecule has 0 unspecified atom stereocenters. The number of aromatic nitrogens is 3. The zero-order valence-corrected chi connectivity index (χ0v) is 20.5. The number of pyridine rings is 1. The van der Waals surface area contributed by atoms with Crippen LogP contribution in [0, 0.1) is 25.7 Å². The topological polar surface area (TPSA) is 76.7 Å². The Bertz CT molecular complexity index is 1410. The van der Waals surface area contributed by atoms with E-state index in [1.807, 2.05) is 41.9 Å². The minimum Gasteiger partial charge on any atom is -0.489 e. The number of hydrogen-bond acceptors (Lipinski definition) is 4. The molecule has 2 aromatic heterocycles. The number of carboxylic acid groups (broad SMARTS) is 1. The second-order valence-corrected chi connectivity index (χ2v) is 8.58. The molecule has 0 radical (unpaired) electrons. The van der Waals surface area contributed by atoms with Crippen molar-refractivity contribution < 1.29 is 14.6 Å². The highest BCUT2D eigenvalue weighted by molar-refractivity contribution is 5.82. The van der Waals surface area contributed by atoms with Crippen molar-refractivity contribution in [3.05, 3.63) is 82.8 Å². The van der Waals surface area contributed by atoms with Gasteiger partial charge in [-0.2, -0.15) is 5.10 Å². The first-order valence-electron chi connectivity index (χ1n) is 11.7.